The number of hydrogen-bond donors (Lipinski definition) is 2. The second kappa shape index (κ2) is 6.40. The van der Waals surface area contributed by atoms with Crippen molar-refractivity contribution in [3.8, 4) is 0 Å². The molecule has 18 heavy (non-hydrogen) atoms. The third kappa shape index (κ3) is 3.47. The number of amides is 1. The molecule has 1 amide bonds. The van der Waals surface area contributed by atoms with Crippen LogP contribution < -0.4 is 10.6 Å². The van der Waals surface area contributed by atoms with Gasteiger partial charge >= 0.3 is 0 Å². The van der Waals surface area contributed by atoms with E-state index in [1.54, 1.807) is 0 Å². The van der Waals surface area contributed by atoms with Gasteiger partial charge in [0, 0.05) is 30.9 Å². The molecule has 4 heteroatoms. The van der Waals surface area contributed by atoms with Gasteiger partial charge in [0.05, 0.1) is 6.10 Å². The van der Waals surface area contributed by atoms with Crippen LogP contribution in [0.4, 0.5) is 5.69 Å². The van der Waals surface area contributed by atoms with Crippen molar-refractivity contribution in [2.45, 2.75) is 25.9 Å². The maximum atomic E-state index is 11.7. The van der Waals surface area contributed by atoms with Crippen molar-refractivity contribution in [2.75, 3.05) is 25.0 Å². The number of rotatable bonds is 5. The van der Waals surface area contributed by atoms with Crippen LogP contribution in [0.1, 0.15) is 30.1 Å². The number of hydrogen-bond acceptors (Lipinski definition) is 3. The van der Waals surface area contributed by atoms with Gasteiger partial charge in [0.2, 0.25) is 0 Å². The summed E-state index contributed by atoms with van der Waals surface area (Å²) in [5, 5.41) is 6.11. The van der Waals surface area contributed by atoms with Crippen LogP contribution in [-0.4, -0.2) is 31.7 Å². The molecule has 0 saturated carbocycles. The standard InChI is InChI=1S/C14H20N2O2/c1-2-15-14(17)11-5-3-6-12(9-11)16-10-13-7-4-8-18-13/h3,5-6,9,13,16H,2,4,7-8,10H2,1H3,(H,15,17). The summed E-state index contributed by atoms with van der Waals surface area (Å²) in [6.45, 7) is 4.23. The molecule has 0 spiro atoms. The van der Waals surface area contributed by atoms with E-state index < -0.39 is 0 Å². The number of carbonyl (C=O) groups excluding carboxylic acids is 1. The molecule has 1 heterocycles. The lowest BCUT2D eigenvalue weighted by Crippen LogP contribution is -2.23. The molecular weight excluding hydrogens is 228 g/mol. The number of carbonyl (C=O) groups is 1. The average molecular weight is 248 g/mol. The van der Waals surface area contributed by atoms with Crippen molar-refractivity contribution in [3.05, 3.63) is 29.8 Å². The van der Waals surface area contributed by atoms with Crippen molar-refractivity contribution in [2.24, 2.45) is 0 Å². The summed E-state index contributed by atoms with van der Waals surface area (Å²) < 4.78 is 5.55. The zero-order chi connectivity index (χ0) is 12.8. The van der Waals surface area contributed by atoms with E-state index in [0.717, 1.165) is 31.7 Å². The lowest BCUT2D eigenvalue weighted by Gasteiger charge is -2.12. The Bertz CT molecular complexity index is 401. The minimum absolute atomic E-state index is 0.0294. The molecule has 1 aromatic rings. The fraction of sp³-hybridized carbons (Fsp3) is 0.500. The molecule has 2 rings (SSSR count). The van der Waals surface area contributed by atoms with Gasteiger partial charge in [-0.25, -0.2) is 0 Å². The summed E-state index contributed by atoms with van der Waals surface area (Å²) in [5.41, 5.74) is 1.66. The normalized spacial score (nSPS) is 18.6. The molecule has 1 unspecified atom stereocenters. The second-order valence-corrected chi connectivity index (χ2v) is 4.46. The van der Waals surface area contributed by atoms with E-state index in [0.29, 0.717) is 18.2 Å². The smallest absolute Gasteiger partial charge is 0.251 e. The Morgan fingerprint density at radius 2 is 2.39 bits per heavy atom. The fourth-order valence-corrected chi connectivity index (χ4v) is 2.07. The summed E-state index contributed by atoms with van der Waals surface area (Å²) in [6, 6.07) is 7.56. The van der Waals surface area contributed by atoms with Crippen molar-refractivity contribution in [1.29, 1.82) is 0 Å². The van der Waals surface area contributed by atoms with Gasteiger partial charge in [-0.3, -0.25) is 4.79 Å². The molecule has 1 atom stereocenters. The third-order valence-electron chi connectivity index (χ3n) is 3.02. The lowest BCUT2D eigenvalue weighted by atomic mass is 10.1. The molecular formula is C14H20N2O2. The van der Waals surface area contributed by atoms with Crippen LogP contribution in [-0.2, 0) is 4.74 Å². The minimum atomic E-state index is -0.0294. The van der Waals surface area contributed by atoms with Crippen LogP contribution in [0.5, 0.6) is 0 Å². The Hall–Kier alpha value is -1.55. The highest BCUT2D eigenvalue weighted by molar-refractivity contribution is 5.95. The van der Waals surface area contributed by atoms with Crippen molar-refractivity contribution < 1.29 is 9.53 Å². The molecule has 1 fully saturated rings. The topological polar surface area (TPSA) is 50.4 Å². The van der Waals surface area contributed by atoms with Gasteiger partial charge in [-0.15, -0.1) is 0 Å². The van der Waals surface area contributed by atoms with Crippen LogP contribution in [0.25, 0.3) is 0 Å². The second-order valence-electron chi connectivity index (χ2n) is 4.46. The van der Waals surface area contributed by atoms with E-state index >= 15 is 0 Å². The molecule has 4 nitrogen and oxygen atoms in total. The van der Waals surface area contributed by atoms with Crippen LogP contribution in [0, 0.1) is 0 Å². The van der Waals surface area contributed by atoms with Crippen molar-refractivity contribution in [3.63, 3.8) is 0 Å². The molecule has 1 aromatic carbocycles. The first-order valence-corrected chi connectivity index (χ1v) is 6.53. The summed E-state index contributed by atoms with van der Waals surface area (Å²) >= 11 is 0. The first kappa shape index (κ1) is 12.9. The molecule has 0 radical (unpaired) electrons. The van der Waals surface area contributed by atoms with E-state index in [4.69, 9.17) is 4.74 Å². The highest BCUT2D eigenvalue weighted by atomic mass is 16.5. The first-order chi connectivity index (χ1) is 8.79. The van der Waals surface area contributed by atoms with Crippen LogP contribution in [0.3, 0.4) is 0 Å². The lowest BCUT2D eigenvalue weighted by molar-refractivity contribution is 0.0956. The molecule has 1 saturated heterocycles. The Labute approximate surface area is 108 Å². The Kier molecular flexibility index (Phi) is 4.59. The predicted molar refractivity (Wildman–Crippen MR) is 71.9 cm³/mol. The quantitative estimate of drug-likeness (QED) is 0.838. The van der Waals surface area contributed by atoms with Crippen molar-refractivity contribution in [1.82, 2.24) is 5.32 Å². The zero-order valence-corrected chi connectivity index (χ0v) is 10.7. The largest absolute Gasteiger partial charge is 0.382 e. The number of benzene rings is 1. The van der Waals surface area contributed by atoms with Gasteiger partial charge in [-0.05, 0) is 38.0 Å². The van der Waals surface area contributed by atoms with E-state index in [-0.39, 0.29) is 5.91 Å². The molecule has 98 valence electrons. The van der Waals surface area contributed by atoms with E-state index in [1.807, 2.05) is 31.2 Å². The van der Waals surface area contributed by atoms with E-state index in [1.165, 1.54) is 0 Å². The Morgan fingerprint density at radius 1 is 1.50 bits per heavy atom. The maximum Gasteiger partial charge on any atom is 0.251 e. The van der Waals surface area contributed by atoms with Crippen LogP contribution in [0.2, 0.25) is 0 Å². The minimum Gasteiger partial charge on any atom is -0.382 e. The zero-order valence-electron chi connectivity index (χ0n) is 10.7. The molecule has 0 aliphatic carbocycles. The highest BCUT2D eigenvalue weighted by Gasteiger charge is 2.14. The van der Waals surface area contributed by atoms with Gasteiger partial charge in [0.1, 0.15) is 0 Å². The summed E-state index contributed by atoms with van der Waals surface area (Å²) in [6.07, 6.45) is 2.56. The molecule has 1 aliphatic rings. The maximum absolute atomic E-state index is 11.7. The molecule has 0 aromatic heterocycles. The molecule has 1 aliphatic heterocycles. The predicted octanol–water partition coefficient (Wildman–Crippen LogP) is 2.03. The number of anilines is 1. The average Bonchev–Trinajstić information content (AvgIpc) is 2.90. The Morgan fingerprint density at radius 3 is 3.11 bits per heavy atom. The Balaban J connectivity index is 1.91. The van der Waals surface area contributed by atoms with Gasteiger partial charge in [-0.2, -0.15) is 0 Å². The monoisotopic (exact) mass is 248 g/mol. The SMILES string of the molecule is CCNC(=O)c1cccc(NCC2CCCO2)c1. The van der Waals surface area contributed by atoms with E-state index in [2.05, 4.69) is 10.6 Å². The van der Waals surface area contributed by atoms with E-state index in [9.17, 15) is 4.79 Å². The third-order valence-corrected chi connectivity index (χ3v) is 3.02. The first-order valence-electron chi connectivity index (χ1n) is 6.53. The van der Waals surface area contributed by atoms with Crippen molar-refractivity contribution >= 4 is 11.6 Å². The van der Waals surface area contributed by atoms with Gasteiger partial charge < -0.3 is 15.4 Å². The summed E-state index contributed by atoms with van der Waals surface area (Å²) in [4.78, 5) is 11.7. The number of ether oxygens (including phenoxy) is 1. The number of nitrogens with one attached hydrogen (secondary N) is 2. The van der Waals surface area contributed by atoms with Gasteiger partial charge in [0.25, 0.3) is 5.91 Å². The van der Waals surface area contributed by atoms with Crippen LogP contribution in [0.15, 0.2) is 24.3 Å². The fourth-order valence-electron chi connectivity index (χ4n) is 2.07. The van der Waals surface area contributed by atoms with Gasteiger partial charge in [-0.1, -0.05) is 6.07 Å². The summed E-state index contributed by atoms with van der Waals surface area (Å²) in [7, 11) is 0. The molecule has 2 N–H and O–H groups in total. The molecule has 0 bridgehead atoms. The summed E-state index contributed by atoms with van der Waals surface area (Å²) in [5.74, 6) is -0.0294. The van der Waals surface area contributed by atoms with Crippen LogP contribution >= 0.6 is 0 Å². The highest BCUT2D eigenvalue weighted by Crippen LogP contribution is 2.15. The van der Waals surface area contributed by atoms with Gasteiger partial charge in [0.15, 0.2) is 0 Å².